The van der Waals surface area contributed by atoms with Crippen molar-refractivity contribution in [3.63, 3.8) is 0 Å². The lowest BCUT2D eigenvalue weighted by Crippen LogP contribution is -2.28. The summed E-state index contributed by atoms with van der Waals surface area (Å²) in [7, 11) is 0. The average Bonchev–Trinajstić information content (AvgIpc) is 4.28. The number of hydrogen-bond acceptors (Lipinski definition) is 4. The minimum absolute atomic E-state index is 0.0473. The Morgan fingerprint density at radius 3 is 1.49 bits per heavy atom. The molecule has 0 saturated carbocycles. The molecule has 1 aliphatic carbocycles. The Bertz CT molecular complexity index is 4350. The Morgan fingerprint density at radius 2 is 0.827 bits per heavy atom. The number of fused-ring (bicyclic) bond motifs is 10. The summed E-state index contributed by atoms with van der Waals surface area (Å²) in [5.41, 5.74) is 17.7. The lowest BCUT2D eigenvalue weighted by atomic mass is 9.91. The highest BCUT2D eigenvalue weighted by Crippen LogP contribution is 2.53. The maximum Gasteiger partial charge on any atom is 0.238 e. The van der Waals surface area contributed by atoms with E-state index in [0.29, 0.717) is 17.6 Å². The van der Waals surface area contributed by atoms with Crippen molar-refractivity contribution in [2.75, 3.05) is 4.90 Å². The van der Waals surface area contributed by atoms with Crippen molar-refractivity contribution in [2.24, 2.45) is 0 Å². The molecular weight excluding hydrogens is 913 g/mol. The number of rotatable bonds is 8. The number of benzene rings is 10. The summed E-state index contributed by atoms with van der Waals surface area (Å²) in [5.74, 6) is 1.86. The van der Waals surface area contributed by atoms with E-state index in [-0.39, 0.29) is 12.0 Å². The smallest absolute Gasteiger partial charge is 0.238 e. The van der Waals surface area contributed by atoms with Gasteiger partial charge in [0.2, 0.25) is 5.95 Å². The molecule has 2 aliphatic rings. The summed E-state index contributed by atoms with van der Waals surface area (Å²) in [5, 5.41) is 4.67. The first-order valence-electron chi connectivity index (χ1n) is 25.7. The predicted molar refractivity (Wildman–Crippen MR) is 309 cm³/mol. The van der Waals surface area contributed by atoms with Gasteiger partial charge in [0.25, 0.3) is 0 Å². The van der Waals surface area contributed by atoms with Crippen LogP contribution >= 0.6 is 0 Å². The van der Waals surface area contributed by atoms with Gasteiger partial charge in [-0.2, -0.15) is 9.97 Å². The molecule has 10 aromatic carbocycles. The Kier molecular flexibility index (Phi) is 9.91. The van der Waals surface area contributed by atoms with E-state index in [1.165, 1.54) is 38.5 Å². The molecule has 2 atom stereocenters. The molecule has 6 nitrogen and oxygen atoms in total. The Morgan fingerprint density at radius 1 is 0.320 bits per heavy atom. The van der Waals surface area contributed by atoms with Crippen molar-refractivity contribution < 1.29 is 0 Å². The van der Waals surface area contributed by atoms with E-state index >= 15 is 0 Å². The highest BCUT2D eigenvalue weighted by atomic mass is 15.2. The zero-order valence-corrected chi connectivity index (χ0v) is 40.7. The van der Waals surface area contributed by atoms with Crippen LogP contribution in [0.5, 0.6) is 0 Å². The molecule has 75 heavy (non-hydrogen) atoms. The van der Waals surface area contributed by atoms with Crippen molar-refractivity contribution in [3.05, 3.63) is 273 Å². The number of nitrogens with zero attached hydrogens (tertiary/aromatic N) is 6. The lowest BCUT2D eigenvalue weighted by molar-refractivity contribution is 0.745. The fourth-order valence-electron chi connectivity index (χ4n) is 11.8. The van der Waals surface area contributed by atoms with Gasteiger partial charge in [0.05, 0.1) is 33.8 Å². The van der Waals surface area contributed by atoms with Crippen molar-refractivity contribution in [2.45, 2.75) is 12.0 Å². The maximum atomic E-state index is 5.57. The van der Waals surface area contributed by atoms with Gasteiger partial charge in [0.15, 0.2) is 11.6 Å². The Hall–Kier alpha value is -9.91. The standard InChI is InChI=1S/C69H46N6/c1-4-17-45(18-5-1)48-31-33-50(34-32-48)67-70-68(52-24-16-23-51(43-52)47-21-8-3-9-22-47)72-69(71-67)75-64-42-39-54(73-61-28-13-10-25-55(61)56-26-11-14-29-62(56)73)44-60(64)59-41-40-58-57-27-12-15-30-63(57)74(65(58)66(59)75)53-37-35-49(36-38-53)46-19-6-2-7-20-46/h1-44,57,63H. The minimum atomic E-state index is 0.0473. The second kappa shape index (κ2) is 17.4. The largest absolute Gasteiger partial charge is 0.332 e. The van der Waals surface area contributed by atoms with Gasteiger partial charge >= 0.3 is 0 Å². The molecule has 3 aromatic heterocycles. The highest BCUT2D eigenvalue weighted by molar-refractivity contribution is 6.16. The van der Waals surface area contributed by atoms with Gasteiger partial charge in [-0.1, -0.05) is 218 Å². The maximum absolute atomic E-state index is 5.57. The van der Waals surface area contributed by atoms with Gasteiger partial charge in [-0.3, -0.25) is 4.57 Å². The number of aromatic nitrogens is 5. The van der Waals surface area contributed by atoms with Crippen molar-refractivity contribution in [1.82, 2.24) is 24.1 Å². The first-order valence-corrected chi connectivity index (χ1v) is 25.7. The fraction of sp³-hybridized carbons (Fsp3) is 0.0290. The average molecular weight is 959 g/mol. The summed E-state index contributed by atoms with van der Waals surface area (Å²) in [6.45, 7) is 0. The molecule has 2 unspecified atom stereocenters. The van der Waals surface area contributed by atoms with E-state index in [0.717, 1.165) is 72.2 Å². The van der Waals surface area contributed by atoms with E-state index in [2.05, 4.69) is 281 Å². The van der Waals surface area contributed by atoms with Crippen LogP contribution in [-0.2, 0) is 0 Å². The van der Waals surface area contributed by atoms with E-state index < -0.39 is 0 Å². The third-order valence-electron chi connectivity index (χ3n) is 15.3. The lowest BCUT2D eigenvalue weighted by Gasteiger charge is -2.29. The van der Waals surface area contributed by atoms with Gasteiger partial charge < -0.3 is 9.47 Å². The molecule has 0 spiro atoms. The number of allylic oxidation sites excluding steroid dienone is 2. The number of hydrogen-bond donors (Lipinski definition) is 0. The first kappa shape index (κ1) is 42.7. The quantitative estimate of drug-likeness (QED) is 0.152. The van der Waals surface area contributed by atoms with Crippen LogP contribution in [0, 0.1) is 0 Å². The molecule has 6 heteroatoms. The molecule has 1 aliphatic heterocycles. The molecule has 0 N–H and O–H groups in total. The van der Waals surface area contributed by atoms with Crippen molar-refractivity contribution >= 4 is 55.0 Å². The van der Waals surface area contributed by atoms with Crippen LogP contribution in [-0.4, -0.2) is 30.1 Å². The third kappa shape index (κ3) is 7.06. The Labute approximate surface area is 434 Å². The summed E-state index contributed by atoms with van der Waals surface area (Å²) >= 11 is 0. The first-order chi connectivity index (χ1) is 37.2. The van der Waals surface area contributed by atoms with Crippen LogP contribution in [0.4, 0.5) is 11.4 Å². The van der Waals surface area contributed by atoms with Crippen LogP contribution < -0.4 is 4.90 Å². The van der Waals surface area contributed by atoms with Crippen LogP contribution in [0.15, 0.2) is 267 Å². The highest BCUT2D eigenvalue weighted by Gasteiger charge is 2.40. The molecule has 352 valence electrons. The summed E-state index contributed by atoms with van der Waals surface area (Å²) in [6, 6.07) is 86.9. The molecule has 0 radical (unpaired) electrons. The summed E-state index contributed by atoms with van der Waals surface area (Å²) in [6.07, 6.45) is 9.11. The van der Waals surface area contributed by atoms with Gasteiger partial charge in [-0.25, -0.2) is 4.98 Å². The zero-order valence-electron chi connectivity index (χ0n) is 40.7. The molecule has 0 fully saturated rings. The van der Waals surface area contributed by atoms with Gasteiger partial charge in [-0.05, 0) is 87.5 Å². The topological polar surface area (TPSA) is 51.8 Å². The van der Waals surface area contributed by atoms with Crippen LogP contribution in [0.25, 0.3) is 111 Å². The van der Waals surface area contributed by atoms with Crippen LogP contribution in [0.3, 0.4) is 0 Å². The second-order valence-electron chi connectivity index (χ2n) is 19.5. The monoisotopic (exact) mass is 958 g/mol. The second-order valence-corrected chi connectivity index (χ2v) is 19.5. The zero-order chi connectivity index (χ0) is 49.4. The minimum Gasteiger partial charge on any atom is -0.332 e. The number of para-hydroxylation sites is 2. The summed E-state index contributed by atoms with van der Waals surface area (Å²) in [4.78, 5) is 19.0. The van der Waals surface area contributed by atoms with Gasteiger partial charge in [0, 0.05) is 50.0 Å². The van der Waals surface area contributed by atoms with Crippen LogP contribution in [0.2, 0.25) is 0 Å². The van der Waals surface area contributed by atoms with E-state index in [9.17, 15) is 0 Å². The predicted octanol–water partition coefficient (Wildman–Crippen LogP) is 17.1. The normalized spacial score (nSPS) is 14.8. The summed E-state index contributed by atoms with van der Waals surface area (Å²) < 4.78 is 4.73. The number of anilines is 2. The van der Waals surface area contributed by atoms with E-state index in [1.54, 1.807) is 0 Å². The van der Waals surface area contributed by atoms with Crippen molar-refractivity contribution in [1.29, 1.82) is 0 Å². The van der Waals surface area contributed by atoms with E-state index in [4.69, 9.17) is 15.0 Å². The Balaban J connectivity index is 1.01. The molecule has 0 amide bonds. The molecule has 0 bridgehead atoms. The molecular formula is C69H46N6. The molecule has 0 saturated heterocycles. The SMILES string of the molecule is C1=CC2c3ccc4c5cc(-n6c7ccccc7c7ccccc76)ccc5n(-c5nc(-c6ccc(-c7ccccc7)cc6)nc(-c6cccc(-c7ccccc7)c6)n5)c4c3N(c3ccc(-c4ccccc4)cc3)C2C=C1. The van der Waals surface area contributed by atoms with Crippen LogP contribution in [0.1, 0.15) is 11.5 Å². The third-order valence-corrected chi connectivity index (χ3v) is 15.3. The fourth-order valence-corrected chi connectivity index (χ4v) is 11.8. The molecule has 15 rings (SSSR count). The van der Waals surface area contributed by atoms with Gasteiger partial charge in [0.1, 0.15) is 0 Å². The van der Waals surface area contributed by atoms with Crippen molar-refractivity contribution in [3.8, 4) is 67.8 Å². The molecule has 13 aromatic rings. The van der Waals surface area contributed by atoms with E-state index in [1.807, 2.05) is 0 Å². The molecule has 4 heterocycles. The van der Waals surface area contributed by atoms with Gasteiger partial charge in [-0.15, -0.1) is 0 Å².